The summed E-state index contributed by atoms with van der Waals surface area (Å²) in [5.41, 5.74) is 0.869. The van der Waals surface area contributed by atoms with Crippen LogP contribution in [-0.4, -0.2) is 30.6 Å². The smallest absolute Gasteiger partial charge is 0.315 e. The van der Waals surface area contributed by atoms with Crippen molar-refractivity contribution in [3.8, 4) is 0 Å². The van der Waals surface area contributed by atoms with Crippen molar-refractivity contribution in [1.82, 2.24) is 10.6 Å². The second-order valence-electron chi connectivity index (χ2n) is 8.65. The number of amides is 2. The van der Waals surface area contributed by atoms with E-state index in [1.165, 1.54) is 32.1 Å². The quantitative estimate of drug-likeness (QED) is 0.429. The molecule has 0 spiro atoms. The van der Waals surface area contributed by atoms with E-state index in [9.17, 15) is 14.0 Å². The van der Waals surface area contributed by atoms with Crippen molar-refractivity contribution in [2.45, 2.75) is 102 Å². The van der Waals surface area contributed by atoms with E-state index >= 15 is 0 Å². The Labute approximate surface area is 181 Å². The van der Waals surface area contributed by atoms with Crippen LogP contribution in [0.4, 0.5) is 9.18 Å². The van der Waals surface area contributed by atoms with Gasteiger partial charge in [-0.3, -0.25) is 4.79 Å². The summed E-state index contributed by atoms with van der Waals surface area (Å²) in [5.74, 6) is -0.726. The van der Waals surface area contributed by atoms with Gasteiger partial charge in [-0.15, -0.1) is 0 Å². The number of nitrogens with one attached hydrogen (secondary N) is 2. The van der Waals surface area contributed by atoms with Gasteiger partial charge in [-0.25, -0.2) is 9.18 Å². The maximum absolute atomic E-state index is 14.3. The average molecular weight is 419 g/mol. The highest BCUT2D eigenvalue weighted by Crippen LogP contribution is 2.21. The van der Waals surface area contributed by atoms with E-state index < -0.39 is 12.1 Å². The number of halogens is 1. The van der Waals surface area contributed by atoms with E-state index in [1.54, 1.807) is 6.92 Å². The van der Waals surface area contributed by atoms with Gasteiger partial charge in [0.15, 0.2) is 12.0 Å². The number of carbonyl (C=O) groups is 2. The molecular weight excluding hydrogens is 379 g/mol. The molecule has 4 nitrogen and oxygen atoms in total. The molecule has 1 aliphatic rings. The fraction of sp³-hybridized carbons (Fsp3) is 0.680. The van der Waals surface area contributed by atoms with Crippen molar-refractivity contribution in [1.29, 1.82) is 0 Å². The van der Waals surface area contributed by atoms with Gasteiger partial charge < -0.3 is 10.6 Å². The van der Waals surface area contributed by atoms with Gasteiger partial charge >= 0.3 is 6.03 Å². The molecule has 1 aromatic carbocycles. The first-order valence-electron chi connectivity index (χ1n) is 11.8. The first-order valence-corrected chi connectivity index (χ1v) is 11.8. The molecule has 0 radical (unpaired) electrons. The first kappa shape index (κ1) is 24.4. The van der Waals surface area contributed by atoms with Gasteiger partial charge in [0, 0.05) is 18.5 Å². The predicted octanol–water partition coefficient (Wildman–Crippen LogP) is 6.06. The van der Waals surface area contributed by atoms with Gasteiger partial charge in [0.1, 0.15) is 0 Å². The standard InChI is InChI=1S/C25H39FN2O2/c1-20(21-14-8-7-9-15-21)24(29)23(26)18-12-5-6-13-19-27-25(30)28-22-16-10-3-2-4-11-17-22/h7-9,14-15,20,22-23H,2-6,10-13,16-19H2,1H3,(H2,27,28,30)/t20-,23?/m1/s1. The van der Waals surface area contributed by atoms with E-state index in [1.807, 2.05) is 30.3 Å². The molecule has 2 rings (SSSR count). The monoisotopic (exact) mass is 418 g/mol. The van der Waals surface area contributed by atoms with Crippen LogP contribution in [0.25, 0.3) is 0 Å². The zero-order valence-electron chi connectivity index (χ0n) is 18.5. The van der Waals surface area contributed by atoms with E-state index in [-0.39, 0.29) is 18.2 Å². The normalized spacial score (nSPS) is 17.4. The number of benzene rings is 1. The van der Waals surface area contributed by atoms with Gasteiger partial charge in [-0.05, 0) is 31.2 Å². The topological polar surface area (TPSA) is 58.2 Å². The molecule has 168 valence electrons. The van der Waals surface area contributed by atoms with Crippen LogP contribution < -0.4 is 10.6 Å². The summed E-state index contributed by atoms with van der Waals surface area (Å²) in [6, 6.07) is 9.62. The van der Waals surface area contributed by atoms with Crippen LogP contribution in [0.2, 0.25) is 0 Å². The summed E-state index contributed by atoms with van der Waals surface area (Å²) >= 11 is 0. The van der Waals surface area contributed by atoms with Gasteiger partial charge in [0.05, 0.1) is 0 Å². The van der Waals surface area contributed by atoms with Crippen molar-refractivity contribution < 1.29 is 14.0 Å². The first-order chi connectivity index (χ1) is 14.6. The zero-order chi connectivity index (χ0) is 21.6. The Bertz CT molecular complexity index is 615. The van der Waals surface area contributed by atoms with Gasteiger partial charge in [-0.2, -0.15) is 0 Å². The Kier molecular flexibility index (Phi) is 11.5. The van der Waals surface area contributed by atoms with E-state index in [2.05, 4.69) is 10.6 Å². The second-order valence-corrected chi connectivity index (χ2v) is 8.65. The summed E-state index contributed by atoms with van der Waals surface area (Å²) < 4.78 is 14.3. The molecule has 30 heavy (non-hydrogen) atoms. The maximum atomic E-state index is 14.3. The summed E-state index contributed by atoms with van der Waals surface area (Å²) in [6.07, 6.45) is 10.7. The molecule has 1 aromatic rings. The SMILES string of the molecule is C[C@@H](C(=O)C(F)CCCCCCNC(=O)NC1CCCCCCC1)c1ccccc1. The Morgan fingerprint density at radius 2 is 1.60 bits per heavy atom. The van der Waals surface area contributed by atoms with Crippen molar-refractivity contribution in [3.05, 3.63) is 35.9 Å². The Balaban J connectivity index is 1.51. The molecular formula is C25H39FN2O2. The van der Waals surface area contributed by atoms with Crippen LogP contribution in [0, 0.1) is 0 Å². The molecule has 0 bridgehead atoms. The lowest BCUT2D eigenvalue weighted by atomic mass is 9.92. The minimum atomic E-state index is -1.40. The van der Waals surface area contributed by atoms with Crippen molar-refractivity contribution in [2.24, 2.45) is 0 Å². The summed E-state index contributed by atoms with van der Waals surface area (Å²) in [4.78, 5) is 24.3. The minimum Gasteiger partial charge on any atom is -0.338 e. The lowest BCUT2D eigenvalue weighted by Gasteiger charge is -2.21. The van der Waals surface area contributed by atoms with Gasteiger partial charge in [-0.1, -0.05) is 88.6 Å². The molecule has 0 aromatic heterocycles. The highest BCUT2D eigenvalue weighted by Gasteiger charge is 2.24. The highest BCUT2D eigenvalue weighted by atomic mass is 19.1. The Morgan fingerprint density at radius 3 is 2.30 bits per heavy atom. The number of urea groups is 1. The molecule has 1 saturated carbocycles. The molecule has 5 heteroatoms. The van der Waals surface area contributed by atoms with E-state index in [0.29, 0.717) is 19.0 Å². The molecule has 0 aliphatic heterocycles. The molecule has 1 fully saturated rings. The third-order valence-electron chi connectivity index (χ3n) is 6.15. The number of unbranched alkanes of at least 4 members (excludes halogenated alkanes) is 3. The molecule has 1 unspecified atom stereocenters. The lowest BCUT2D eigenvalue weighted by molar-refractivity contribution is -0.125. The number of alkyl halides is 1. The average Bonchev–Trinajstić information content (AvgIpc) is 2.74. The van der Waals surface area contributed by atoms with Crippen LogP contribution in [0.5, 0.6) is 0 Å². The summed E-state index contributed by atoms with van der Waals surface area (Å²) in [6.45, 7) is 2.42. The molecule has 2 atom stereocenters. The summed E-state index contributed by atoms with van der Waals surface area (Å²) in [7, 11) is 0. The minimum absolute atomic E-state index is 0.0649. The third kappa shape index (κ3) is 9.27. The predicted molar refractivity (Wildman–Crippen MR) is 120 cm³/mol. The van der Waals surface area contributed by atoms with Crippen molar-refractivity contribution in [3.63, 3.8) is 0 Å². The zero-order valence-corrected chi connectivity index (χ0v) is 18.5. The van der Waals surface area contributed by atoms with Crippen LogP contribution >= 0.6 is 0 Å². The van der Waals surface area contributed by atoms with Crippen LogP contribution in [-0.2, 0) is 4.79 Å². The lowest BCUT2D eigenvalue weighted by Crippen LogP contribution is -2.42. The highest BCUT2D eigenvalue weighted by molar-refractivity contribution is 5.89. The largest absolute Gasteiger partial charge is 0.338 e. The van der Waals surface area contributed by atoms with Crippen LogP contribution in [0.3, 0.4) is 0 Å². The number of hydrogen-bond acceptors (Lipinski definition) is 2. The van der Waals surface area contributed by atoms with Crippen LogP contribution in [0.1, 0.15) is 95.5 Å². The molecule has 0 heterocycles. The second kappa shape index (κ2) is 14.2. The van der Waals surface area contributed by atoms with E-state index in [4.69, 9.17) is 0 Å². The number of rotatable bonds is 11. The number of carbonyl (C=O) groups excluding carboxylic acids is 2. The van der Waals surface area contributed by atoms with Gasteiger partial charge in [0.2, 0.25) is 0 Å². The molecule has 1 aliphatic carbocycles. The number of ketones is 1. The molecule has 2 amide bonds. The van der Waals surface area contributed by atoms with Crippen molar-refractivity contribution >= 4 is 11.8 Å². The van der Waals surface area contributed by atoms with Gasteiger partial charge in [0.25, 0.3) is 0 Å². The van der Waals surface area contributed by atoms with Crippen molar-refractivity contribution in [2.75, 3.05) is 6.54 Å². The maximum Gasteiger partial charge on any atom is 0.315 e. The molecule has 2 N–H and O–H groups in total. The number of Topliss-reactive ketones (excluding diaryl/α,β-unsaturated/α-hetero) is 1. The number of hydrogen-bond donors (Lipinski definition) is 2. The third-order valence-corrected chi connectivity index (χ3v) is 6.15. The van der Waals surface area contributed by atoms with E-state index in [0.717, 1.165) is 37.7 Å². The Morgan fingerprint density at radius 1 is 0.967 bits per heavy atom. The molecule has 0 saturated heterocycles. The fourth-order valence-electron chi connectivity index (χ4n) is 4.16. The van der Waals surface area contributed by atoms with Crippen LogP contribution in [0.15, 0.2) is 30.3 Å². The summed E-state index contributed by atoms with van der Waals surface area (Å²) in [5, 5.41) is 6.04. The Hall–Kier alpha value is -1.91. The fourth-order valence-corrected chi connectivity index (χ4v) is 4.16.